The molecule has 0 rings (SSSR count). The van der Waals surface area contributed by atoms with Crippen molar-refractivity contribution in [2.24, 2.45) is 11.8 Å². The van der Waals surface area contributed by atoms with Crippen LogP contribution in [0.5, 0.6) is 0 Å². The number of rotatable bonds is 4. The summed E-state index contributed by atoms with van der Waals surface area (Å²) in [5, 5.41) is 0. The van der Waals surface area contributed by atoms with Gasteiger partial charge in [-0.3, -0.25) is 0 Å². The Morgan fingerprint density at radius 2 is 1.55 bits per heavy atom. The van der Waals surface area contributed by atoms with E-state index in [0.717, 1.165) is 0 Å². The van der Waals surface area contributed by atoms with Gasteiger partial charge < -0.3 is 0 Å². The lowest BCUT2D eigenvalue weighted by atomic mass is 10.1. The van der Waals surface area contributed by atoms with Crippen LogP contribution in [0.1, 0.15) is 20.8 Å². The summed E-state index contributed by atoms with van der Waals surface area (Å²) in [6.45, 7) is 10.2. The molecule has 0 N–H and O–H groups in total. The molecular weight excluding hydrogens is 132 g/mol. The Labute approximate surface area is 70.3 Å². The van der Waals surface area contributed by atoms with Gasteiger partial charge in [0.25, 0.3) is 0 Å². The largest absolute Gasteiger partial charge is 0.102 e. The highest BCUT2D eigenvalue weighted by Gasteiger charge is 1.84. The highest BCUT2D eigenvalue weighted by atomic mass is 13.9. The summed E-state index contributed by atoms with van der Waals surface area (Å²) >= 11 is 0. The quantitative estimate of drug-likeness (QED) is 0.424. The molecule has 0 saturated carbocycles. The summed E-state index contributed by atoms with van der Waals surface area (Å²) in [4.78, 5) is 0. The van der Waals surface area contributed by atoms with Gasteiger partial charge in [-0.05, 0) is 11.8 Å². The molecule has 11 heavy (non-hydrogen) atoms. The molecule has 0 aromatic carbocycles. The van der Waals surface area contributed by atoms with E-state index in [2.05, 4.69) is 51.7 Å². The van der Waals surface area contributed by atoms with Crippen molar-refractivity contribution in [3.63, 3.8) is 0 Å². The van der Waals surface area contributed by atoms with E-state index in [1.54, 1.807) is 0 Å². The first kappa shape index (κ1) is 10.2. The molecule has 0 saturated heterocycles. The molecule has 0 aliphatic carbocycles. The zero-order chi connectivity index (χ0) is 8.69. The van der Waals surface area contributed by atoms with Crippen molar-refractivity contribution in [3.05, 3.63) is 37.0 Å². The number of hydrogen-bond donors (Lipinski definition) is 0. The molecule has 0 amide bonds. The van der Waals surface area contributed by atoms with Gasteiger partial charge in [-0.25, -0.2) is 0 Å². The molecule has 0 aromatic rings. The summed E-state index contributed by atoms with van der Waals surface area (Å²) in [7, 11) is 0. The second-order valence-corrected chi connectivity index (χ2v) is 3.11. The fraction of sp³-hybridized carbons (Fsp3) is 0.455. The third kappa shape index (κ3) is 7.11. The van der Waals surface area contributed by atoms with E-state index in [4.69, 9.17) is 0 Å². The molecule has 0 aliphatic rings. The van der Waals surface area contributed by atoms with E-state index in [0.29, 0.717) is 11.8 Å². The van der Waals surface area contributed by atoms with Crippen LogP contribution in [0.3, 0.4) is 0 Å². The van der Waals surface area contributed by atoms with Gasteiger partial charge in [0.1, 0.15) is 0 Å². The lowest BCUT2D eigenvalue weighted by molar-refractivity contribution is 0.831. The Balaban J connectivity index is 3.67. The second-order valence-electron chi connectivity index (χ2n) is 3.11. The van der Waals surface area contributed by atoms with Gasteiger partial charge in [-0.2, -0.15) is 0 Å². The smallest absolute Gasteiger partial charge is 0.00814 e. The fourth-order valence-electron chi connectivity index (χ4n) is 0.604. The molecule has 1 unspecified atom stereocenters. The highest BCUT2D eigenvalue weighted by molar-refractivity contribution is 5.07. The molecule has 0 fully saturated rings. The summed E-state index contributed by atoms with van der Waals surface area (Å²) in [5.74, 6) is 1.12. The Hall–Kier alpha value is -0.780. The summed E-state index contributed by atoms with van der Waals surface area (Å²) in [5.41, 5.74) is 0. The standard InChI is InChI=1S/C11H18/c1-5-11(4)9-7-6-8-10(2)3/h5-11H,1H2,2-4H3/b8-6+,9-7+. The topological polar surface area (TPSA) is 0 Å². The van der Waals surface area contributed by atoms with Gasteiger partial charge >= 0.3 is 0 Å². The average molecular weight is 150 g/mol. The minimum Gasteiger partial charge on any atom is -0.102 e. The Morgan fingerprint density at radius 3 is 2.00 bits per heavy atom. The molecule has 62 valence electrons. The summed E-state index contributed by atoms with van der Waals surface area (Å²) < 4.78 is 0. The molecule has 1 atom stereocenters. The first-order chi connectivity index (χ1) is 5.16. The van der Waals surface area contributed by atoms with E-state index >= 15 is 0 Å². The van der Waals surface area contributed by atoms with Crippen LogP contribution in [0.2, 0.25) is 0 Å². The second kappa shape index (κ2) is 5.96. The molecule has 0 heterocycles. The van der Waals surface area contributed by atoms with Crippen molar-refractivity contribution in [1.82, 2.24) is 0 Å². The van der Waals surface area contributed by atoms with Crippen molar-refractivity contribution >= 4 is 0 Å². The van der Waals surface area contributed by atoms with Crippen LogP contribution < -0.4 is 0 Å². The molecule has 0 radical (unpaired) electrons. The van der Waals surface area contributed by atoms with Crippen molar-refractivity contribution in [1.29, 1.82) is 0 Å². The van der Waals surface area contributed by atoms with Crippen LogP contribution in [0.4, 0.5) is 0 Å². The zero-order valence-corrected chi connectivity index (χ0v) is 7.75. The average Bonchev–Trinajstić information content (AvgIpc) is 1.97. The predicted molar refractivity (Wildman–Crippen MR) is 52.5 cm³/mol. The van der Waals surface area contributed by atoms with Gasteiger partial charge in [-0.1, -0.05) is 51.2 Å². The molecule has 0 bridgehead atoms. The van der Waals surface area contributed by atoms with E-state index in [1.807, 2.05) is 6.08 Å². The van der Waals surface area contributed by atoms with Gasteiger partial charge in [-0.15, -0.1) is 6.58 Å². The van der Waals surface area contributed by atoms with Crippen LogP contribution in [-0.4, -0.2) is 0 Å². The van der Waals surface area contributed by atoms with Gasteiger partial charge in [0, 0.05) is 0 Å². The lowest BCUT2D eigenvalue weighted by Crippen LogP contribution is -1.79. The third-order valence-corrected chi connectivity index (χ3v) is 1.39. The van der Waals surface area contributed by atoms with Gasteiger partial charge in [0.15, 0.2) is 0 Å². The van der Waals surface area contributed by atoms with E-state index in [9.17, 15) is 0 Å². The summed E-state index contributed by atoms with van der Waals surface area (Å²) in [6, 6.07) is 0. The minimum atomic E-state index is 0.479. The van der Waals surface area contributed by atoms with Crippen molar-refractivity contribution < 1.29 is 0 Å². The Morgan fingerprint density at radius 1 is 1.00 bits per heavy atom. The van der Waals surface area contributed by atoms with Crippen molar-refractivity contribution in [2.75, 3.05) is 0 Å². The maximum Gasteiger partial charge on any atom is -0.00814 e. The van der Waals surface area contributed by atoms with Crippen molar-refractivity contribution in [3.8, 4) is 0 Å². The summed E-state index contributed by atoms with van der Waals surface area (Å²) in [6.07, 6.45) is 10.4. The monoisotopic (exact) mass is 150 g/mol. The normalized spacial score (nSPS) is 14.9. The molecule has 0 aliphatic heterocycles. The third-order valence-electron chi connectivity index (χ3n) is 1.39. The number of allylic oxidation sites excluding steroid dienone is 5. The van der Waals surface area contributed by atoms with E-state index in [1.165, 1.54) is 0 Å². The van der Waals surface area contributed by atoms with E-state index < -0.39 is 0 Å². The van der Waals surface area contributed by atoms with Crippen LogP contribution in [0.25, 0.3) is 0 Å². The van der Waals surface area contributed by atoms with Gasteiger partial charge in [0.2, 0.25) is 0 Å². The zero-order valence-electron chi connectivity index (χ0n) is 7.75. The minimum absolute atomic E-state index is 0.479. The van der Waals surface area contributed by atoms with Crippen LogP contribution in [0.15, 0.2) is 37.0 Å². The molecular formula is C11H18. The number of hydrogen-bond acceptors (Lipinski definition) is 0. The molecule has 0 spiro atoms. The molecule has 0 heteroatoms. The maximum absolute atomic E-state index is 3.70. The van der Waals surface area contributed by atoms with Gasteiger partial charge in [0.05, 0.1) is 0 Å². The first-order valence-corrected chi connectivity index (χ1v) is 4.14. The van der Waals surface area contributed by atoms with Crippen LogP contribution in [0, 0.1) is 11.8 Å². The first-order valence-electron chi connectivity index (χ1n) is 4.14. The lowest BCUT2D eigenvalue weighted by Gasteiger charge is -1.93. The Bertz CT molecular complexity index is 149. The van der Waals surface area contributed by atoms with Crippen LogP contribution >= 0.6 is 0 Å². The Kier molecular flexibility index (Phi) is 5.54. The SMILES string of the molecule is C=CC(C)/C=C/C=C/C(C)C. The van der Waals surface area contributed by atoms with E-state index in [-0.39, 0.29) is 0 Å². The van der Waals surface area contributed by atoms with Crippen LogP contribution in [-0.2, 0) is 0 Å². The maximum atomic E-state index is 3.70. The van der Waals surface area contributed by atoms with Crippen molar-refractivity contribution in [2.45, 2.75) is 20.8 Å². The fourth-order valence-corrected chi connectivity index (χ4v) is 0.604. The molecule has 0 nitrogen and oxygen atoms in total. The molecule has 0 aromatic heterocycles. The predicted octanol–water partition coefficient (Wildman–Crippen LogP) is 3.58. The highest BCUT2D eigenvalue weighted by Crippen LogP contribution is 1.98.